The van der Waals surface area contributed by atoms with E-state index in [0.717, 1.165) is 5.70 Å². The van der Waals surface area contributed by atoms with Crippen LogP contribution in [0.1, 0.15) is 16.5 Å². The van der Waals surface area contributed by atoms with Gasteiger partial charge < -0.3 is 5.43 Å². The average molecular weight is 304 g/mol. The molecule has 0 saturated heterocycles. The zero-order valence-electron chi connectivity index (χ0n) is 12.0. The van der Waals surface area contributed by atoms with Gasteiger partial charge in [0.2, 0.25) is 0 Å². The van der Waals surface area contributed by atoms with E-state index in [1.54, 1.807) is 11.3 Å². The molecule has 0 aliphatic carbocycles. The summed E-state index contributed by atoms with van der Waals surface area (Å²) in [6, 6.07) is 23.6. The maximum atomic E-state index is 3.33. The fourth-order valence-corrected chi connectivity index (χ4v) is 3.38. The zero-order chi connectivity index (χ0) is 14.8. The summed E-state index contributed by atoms with van der Waals surface area (Å²) in [5.74, 6) is 0. The molecule has 0 amide bonds. The highest BCUT2D eigenvalue weighted by Crippen LogP contribution is 2.28. The van der Waals surface area contributed by atoms with Crippen LogP contribution in [0.2, 0.25) is 0 Å². The van der Waals surface area contributed by atoms with Crippen LogP contribution in [0.5, 0.6) is 0 Å². The van der Waals surface area contributed by atoms with E-state index in [1.165, 1.54) is 21.6 Å². The van der Waals surface area contributed by atoms with Crippen LogP contribution in [0.25, 0.3) is 16.8 Å². The Morgan fingerprint density at radius 2 is 1.55 bits per heavy atom. The molecule has 0 fully saturated rings. The summed E-state index contributed by atoms with van der Waals surface area (Å²) in [4.78, 5) is 1.26. The number of nitrogens with one attached hydrogen (secondary N) is 2. The Morgan fingerprint density at radius 3 is 2.27 bits per heavy atom. The van der Waals surface area contributed by atoms with Crippen molar-refractivity contribution < 1.29 is 0 Å². The van der Waals surface area contributed by atoms with Gasteiger partial charge in [0.15, 0.2) is 0 Å². The molecule has 0 spiro atoms. The SMILES string of the molecule is C1=C(c2cccs2)NNC1c1ccc(-c2ccccc2)cc1. The van der Waals surface area contributed by atoms with Crippen LogP contribution in [0.15, 0.2) is 78.2 Å². The van der Waals surface area contributed by atoms with E-state index in [2.05, 4.69) is 83.0 Å². The Hall–Kier alpha value is -2.36. The minimum Gasteiger partial charge on any atom is -0.319 e. The second kappa shape index (κ2) is 5.79. The fraction of sp³-hybridized carbons (Fsp3) is 0.0526. The molecule has 3 heteroatoms. The second-order valence-corrected chi connectivity index (χ2v) is 6.24. The number of thiophene rings is 1. The molecule has 1 aromatic heterocycles. The first-order chi connectivity index (χ1) is 10.9. The van der Waals surface area contributed by atoms with Gasteiger partial charge in [-0.25, -0.2) is 5.43 Å². The van der Waals surface area contributed by atoms with E-state index in [0.29, 0.717) is 0 Å². The van der Waals surface area contributed by atoms with Crippen molar-refractivity contribution in [1.29, 1.82) is 0 Å². The third-order valence-corrected chi connectivity index (χ3v) is 4.76. The number of hydrazine groups is 1. The van der Waals surface area contributed by atoms with Gasteiger partial charge in [-0.15, -0.1) is 11.3 Å². The van der Waals surface area contributed by atoms with Gasteiger partial charge >= 0.3 is 0 Å². The van der Waals surface area contributed by atoms with Crippen LogP contribution < -0.4 is 10.9 Å². The maximum absolute atomic E-state index is 3.33. The number of hydrogen-bond acceptors (Lipinski definition) is 3. The lowest BCUT2D eigenvalue weighted by Gasteiger charge is -2.10. The molecule has 0 bridgehead atoms. The van der Waals surface area contributed by atoms with Gasteiger partial charge in [-0.3, -0.25) is 0 Å². The summed E-state index contributed by atoms with van der Waals surface area (Å²) in [7, 11) is 0. The van der Waals surface area contributed by atoms with Crippen molar-refractivity contribution in [3.05, 3.63) is 88.6 Å². The van der Waals surface area contributed by atoms with Gasteiger partial charge in [-0.1, -0.05) is 60.7 Å². The second-order valence-electron chi connectivity index (χ2n) is 5.29. The Morgan fingerprint density at radius 1 is 0.773 bits per heavy atom. The van der Waals surface area contributed by atoms with Crippen molar-refractivity contribution in [3.8, 4) is 11.1 Å². The molecule has 2 aromatic carbocycles. The average Bonchev–Trinajstić information content (AvgIpc) is 3.27. The summed E-state index contributed by atoms with van der Waals surface area (Å²) < 4.78 is 0. The Labute approximate surface area is 134 Å². The van der Waals surface area contributed by atoms with E-state index in [9.17, 15) is 0 Å². The minimum absolute atomic E-state index is 0.210. The summed E-state index contributed by atoms with van der Waals surface area (Å²) >= 11 is 1.75. The van der Waals surface area contributed by atoms with Crippen LogP contribution >= 0.6 is 11.3 Å². The molecule has 1 aliphatic heterocycles. The van der Waals surface area contributed by atoms with Crippen LogP contribution in [0.4, 0.5) is 0 Å². The highest BCUT2D eigenvalue weighted by atomic mass is 32.1. The molecule has 1 unspecified atom stereocenters. The number of hydrogen-bond donors (Lipinski definition) is 2. The van der Waals surface area contributed by atoms with Crippen LogP contribution in [-0.4, -0.2) is 0 Å². The zero-order valence-corrected chi connectivity index (χ0v) is 12.8. The van der Waals surface area contributed by atoms with E-state index < -0.39 is 0 Å². The monoisotopic (exact) mass is 304 g/mol. The molecule has 4 rings (SSSR count). The molecule has 108 valence electrons. The third kappa shape index (κ3) is 2.56. The van der Waals surface area contributed by atoms with Crippen molar-refractivity contribution in [2.45, 2.75) is 6.04 Å². The molecule has 1 aliphatic rings. The molecular formula is C19H16N2S. The predicted octanol–water partition coefficient (Wildman–Crippen LogP) is 4.61. The molecule has 22 heavy (non-hydrogen) atoms. The van der Waals surface area contributed by atoms with E-state index in [-0.39, 0.29) is 6.04 Å². The van der Waals surface area contributed by atoms with Crippen LogP contribution in [0, 0.1) is 0 Å². The molecule has 2 heterocycles. The molecular weight excluding hydrogens is 288 g/mol. The highest BCUT2D eigenvalue weighted by Gasteiger charge is 2.17. The predicted molar refractivity (Wildman–Crippen MR) is 93.2 cm³/mol. The van der Waals surface area contributed by atoms with Crippen LogP contribution in [-0.2, 0) is 0 Å². The first-order valence-electron chi connectivity index (χ1n) is 7.33. The highest BCUT2D eigenvalue weighted by molar-refractivity contribution is 7.11. The van der Waals surface area contributed by atoms with Crippen LogP contribution in [0.3, 0.4) is 0 Å². The maximum Gasteiger partial charge on any atom is 0.0714 e. The summed E-state index contributed by atoms with van der Waals surface area (Å²) in [6.07, 6.45) is 2.24. The minimum atomic E-state index is 0.210. The molecule has 0 radical (unpaired) electrons. The Kier molecular flexibility index (Phi) is 3.51. The lowest BCUT2D eigenvalue weighted by Crippen LogP contribution is -2.26. The van der Waals surface area contributed by atoms with Crippen molar-refractivity contribution in [1.82, 2.24) is 10.9 Å². The molecule has 3 aromatic rings. The number of benzene rings is 2. The van der Waals surface area contributed by atoms with Crippen molar-refractivity contribution in [2.75, 3.05) is 0 Å². The van der Waals surface area contributed by atoms with Gasteiger partial charge in [-0.2, -0.15) is 0 Å². The quantitative estimate of drug-likeness (QED) is 0.738. The Bertz CT molecular complexity index is 774. The first-order valence-corrected chi connectivity index (χ1v) is 8.21. The van der Waals surface area contributed by atoms with Crippen molar-refractivity contribution in [2.24, 2.45) is 0 Å². The van der Waals surface area contributed by atoms with E-state index in [4.69, 9.17) is 0 Å². The summed E-state index contributed by atoms with van der Waals surface area (Å²) in [5, 5.41) is 2.10. The molecule has 2 N–H and O–H groups in total. The molecule has 1 atom stereocenters. The van der Waals surface area contributed by atoms with E-state index >= 15 is 0 Å². The molecule has 2 nitrogen and oxygen atoms in total. The van der Waals surface area contributed by atoms with Gasteiger partial charge in [0, 0.05) is 0 Å². The topological polar surface area (TPSA) is 24.1 Å². The first kappa shape index (κ1) is 13.3. The summed E-state index contributed by atoms with van der Waals surface area (Å²) in [5.41, 5.74) is 11.5. The van der Waals surface area contributed by atoms with Gasteiger partial charge in [0.25, 0.3) is 0 Å². The van der Waals surface area contributed by atoms with E-state index in [1.807, 2.05) is 6.07 Å². The third-order valence-electron chi connectivity index (χ3n) is 3.86. The largest absolute Gasteiger partial charge is 0.319 e. The fourth-order valence-electron chi connectivity index (χ4n) is 2.67. The van der Waals surface area contributed by atoms with Crippen molar-refractivity contribution in [3.63, 3.8) is 0 Å². The smallest absolute Gasteiger partial charge is 0.0714 e. The van der Waals surface area contributed by atoms with Gasteiger partial charge in [0.05, 0.1) is 16.6 Å². The standard InChI is InChI=1S/C19H16N2S/c1-2-5-14(6-3-1)15-8-10-16(11-9-15)17-13-18(21-20-17)19-7-4-12-22-19/h1-13,17,20-21H. The molecule has 0 saturated carbocycles. The van der Waals surface area contributed by atoms with Crippen molar-refractivity contribution >= 4 is 17.0 Å². The summed E-state index contributed by atoms with van der Waals surface area (Å²) in [6.45, 7) is 0. The normalized spacial score (nSPS) is 17.1. The number of rotatable bonds is 3. The lowest BCUT2D eigenvalue weighted by atomic mass is 10.0. The van der Waals surface area contributed by atoms with Gasteiger partial charge in [0.1, 0.15) is 0 Å². The van der Waals surface area contributed by atoms with Gasteiger partial charge in [-0.05, 0) is 34.2 Å². The Balaban J connectivity index is 1.57. The lowest BCUT2D eigenvalue weighted by molar-refractivity contribution is 0.616.